The second-order valence-corrected chi connectivity index (χ2v) is 3.84. The van der Waals surface area contributed by atoms with Gasteiger partial charge in [-0.2, -0.15) is 0 Å². The molecular formula is C10H11BrN4O. The van der Waals surface area contributed by atoms with Gasteiger partial charge in [-0.1, -0.05) is 22.0 Å². The molecule has 1 aromatic rings. The van der Waals surface area contributed by atoms with E-state index >= 15 is 0 Å². The molecule has 0 saturated carbocycles. The monoisotopic (exact) mass is 282 g/mol. The zero-order chi connectivity index (χ0) is 12.1. The predicted octanol–water partition coefficient (Wildman–Crippen LogP) is 0.766. The first-order valence-corrected chi connectivity index (χ1v) is 5.15. The molecule has 0 bridgehead atoms. The van der Waals surface area contributed by atoms with E-state index in [-0.39, 0.29) is 11.4 Å². The zero-order valence-electron chi connectivity index (χ0n) is 8.35. The van der Waals surface area contributed by atoms with Crippen molar-refractivity contribution in [3.8, 4) is 0 Å². The number of hydrogen-bond donors (Lipinski definition) is 3. The highest BCUT2D eigenvalue weighted by atomic mass is 79.9. The average Bonchev–Trinajstić information content (AvgIpc) is 2.17. The van der Waals surface area contributed by atoms with E-state index in [4.69, 9.17) is 17.2 Å². The zero-order valence-corrected chi connectivity index (χ0v) is 9.94. The lowest BCUT2D eigenvalue weighted by Gasteiger charge is -2.02. The van der Waals surface area contributed by atoms with E-state index in [1.165, 1.54) is 0 Å². The summed E-state index contributed by atoms with van der Waals surface area (Å²) >= 11 is 3.29. The van der Waals surface area contributed by atoms with Gasteiger partial charge >= 0.3 is 0 Å². The Balaban J connectivity index is 3.05. The van der Waals surface area contributed by atoms with Crippen LogP contribution in [0.15, 0.2) is 45.5 Å². The molecule has 84 valence electrons. The summed E-state index contributed by atoms with van der Waals surface area (Å²) in [5.41, 5.74) is 16.5. The summed E-state index contributed by atoms with van der Waals surface area (Å²) in [6, 6.07) is 7.14. The third-order valence-electron chi connectivity index (χ3n) is 1.77. The Kier molecular flexibility index (Phi) is 4.07. The molecule has 0 heterocycles. The molecule has 0 spiro atoms. The van der Waals surface area contributed by atoms with Crippen LogP contribution in [0.2, 0.25) is 0 Å². The molecule has 0 aliphatic heterocycles. The minimum absolute atomic E-state index is 0.0000227. The number of benzene rings is 1. The number of amidine groups is 1. The summed E-state index contributed by atoms with van der Waals surface area (Å²) in [4.78, 5) is 15.0. The van der Waals surface area contributed by atoms with Gasteiger partial charge in [-0.3, -0.25) is 4.79 Å². The number of primary amides is 1. The summed E-state index contributed by atoms with van der Waals surface area (Å²) in [6.07, 6.45) is 1.04. The first kappa shape index (κ1) is 12.3. The van der Waals surface area contributed by atoms with Crippen LogP contribution < -0.4 is 17.2 Å². The van der Waals surface area contributed by atoms with Crippen LogP contribution in [0.4, 0.5) is 5.69 Å². The molecule has 0 aliphatic carbocycles. The summed E-state index contributed by atoms with van der Waals surface area (Å²) in [6.45, 7) is 0. The molecule has 0 radical (unpaired) electrons. The number of halogens is 1. The van der Waals surface area contributed by atoms with E-state index in [0.29, 0.717) is 5.69 Å². The van der Waals surface area contributed by atoms with E-state index in [1.54, 1.807) is 18.2 Å². The number of nitrogens with two attached hydrogens (primary N) is 3. The van der Waals surface area contributed by atoms with Crippen molar-refractivity contribution in [2.24, 2.45) is 22.2 Å². The molecule has 0 aliphatic rings. The fourth-order valence-electron chi connectivity index (χ4n) is 1.04. The fraction of sp³-hybridized carbons (Fsp3) is 0. The van der Waals surface area contributed by atoms with Crippen LogP contribution in [-0.4, -0.2) is 11.7 Å². The van der Waals surface area contributed by atoms with Gasteiger partial charge in [-0.05, 0) is 18.2 Å². The molecule has 0 fully saturated rings. The summed E-state index contributed by atoms with van der Waals surface area (Å²) < 4.78 is 0.860. The molecule has 6 N–H and O–H groups in total. The minimum Gasteiger partial charge on any atom is -0.404 e. The molecule has 16 heavy (non-hydrogen) atoms. The van der Waals surface area contributed by atoms with Crippen LogP contribution in [-0.2, 0) is 4.79 Å². The van der Waals surface area contributed by atoms with Gasteiger partial charge in [0.05, 0.1) is 11.3 Å². The van der Waals surface area contributed by atoms with Gasteiger partial charge in [0.1, 0.15) is 5.84 Å². The van der Waals surface area contributed by atoms with E-state index in [1.807, 2.05) is 6.07 Å². The predicted molar refractivity (Wildman–Crippen MR) is 66.9 cm³/mol. The molecule has 0 atom stereocenters. The maximum atomic E-state index is 10.9. The molecule has 0 unspecified atom stereocenters. The van der Waals surface area contributed by atoms with Gasteiger partial charge in [-0.15, -0.1) is 0 Å². The Hall–Kier alpha value is -1.82. The number of rotatable bonds is 3. The SMILES string of the molecule is NC=C(C(N)=O)C(N)=Nc1cccc(Br)c1. The lowest BCUT2D eigenvalue weighted by molar-refractivity contribution is -0.114. The van der Waals surface area contributed by atoms with Crippen LogP contribution in [0.3, 0.4) is 0 Å². The number of hydrogen-bond acceptors (Lipinski definition) is 3. The van der Waals surface area contributed by atoms with E-state index in [2.05, 4.69) is 20.9 Å². The topological polar surface area (TPSA) is 107 Å². The van der Waals surface area contributed by atoms with Crippen molar-refractivity contribution in [3.05, 3.63) is 40.5 Å². The fourth-order valence-corrected chi connectivity index (χ4v) is 1.43. The highest BCUT2D eigenvalue weighted by molar-refractivity contribution is 9.10. The van der Waals surface area contributed by atoms with E-state index in [0.717, 1.165) is 10.7 Å². The van der Waals surface area contributed by atoms with Crippen molar-refractivity contribution in [3.63, 3.8) is 0 Å². The highest BCUT2D eigenvalue weighted by Crippen LogP contribution is 2.18. The molecule has 1 rings (SSSR count). The number of nitrogens with zero attached hydrogens (tertiary/aromatic N) is 1. The second kappa shape index (κ2) is 5.32. The number of amides is 1. The minimum atomic E-state index is -0.709. The van der Waals surface area contributed by atoms with Gasteiger partial charge in [-0.25, -0.2) is 4.99 Å². The largest absolute Gasteiger partial charge is 0.404 e. The molecule has 5 nitrogen and oxygen atoms in total. The van der Waals surface area contributed by atoms with Crippen LogP contribution >= 0.6 is 15.9 Å². The van der Waals surface area contributed by atoms with Crippen molar-refractivity contribution < 1.29 is 4.79 Å². The lowest BCUT2D eigenvalue weighted by atomic mass is 10.2. The quantitative estimate of drug-likeness (QED) is 0.433. The van der Waals surface area contributed by atoms with Gasteiger partial charge in [0.25, 0.3) is 5.91 Å². The number of carbonyl (C=O) groups excluding carboxylic acids is 1. The van der Waals surface area contributed by atoms with Crippen LogP contribution in [0.5, 0.6) is 0 Å². The average molecular weight is 283 g/mol. The van der Waals surface area contributed by atoms with Crippen molar-refractivity contribution in [1.29, 1.82) is 0 Å². The molecule has 6 heteroatoms. The second-order valence-electron chi connectivity index (χ2n) is 2.92. The number of carbonyl (C=O) groups is 1. The van der Waals surface area contributed by atoms with Crippen molar-refractivity contribution in [2.45, 2.75) is 0 Å². The molecule has 0 aromatic heterocycles. The summed E-state index contributed by atoms with van der Waals surface area (Å²) in [5, 5.41) is 0. The van der Waals surface area contributed by atoms with Gasteiger partial charge in [0.2, 0.25) is 0 Å². The Labute approximate surface area is 101 Å². The molecule has 1 amide bonds. The van der Waals surface area contributed by atoms with Gasteiger partial charge in [0.15, 0.2) is 0 Å². The van der Waals surface area contributed by atoms with Crippen LogP contribution in [0, 0.1) is 0 Å². The normalized spacial score (nSPS) is 12.6. The van der Waals surface area contributed by atoms with Crippen molar-refractivity contribution in [1.82, 2.24) is 0 Å². The maximum Gasteiger partial charge on any atom is 0.253 e. The van der Waals surface area contributed by atoms with E-state index < -0.39 is 5.91 Å². The summed E-state index contributed by atoms with van der Waals surface area (Å²) in [5.74, 6) is -0.716. The molecule has 0 saturated heterocycles. The Morgan fingerprint density at radius 3 is 2.56 bits per heavy atom. The van der Waals surface area contributed by atoms with Crippen molar-refractivity contribution >= 4 is 33.4 Å². The third kappa shape index (κ3) is 3.09. The van der Waals surface area contributed by atoms with Crippen LogP contribution in [0.25, 0.3) is 0 Å². The number of aliphatic imine (C=N–C) groups is 1. The van der Waals surface area contributed by atoms with Gasteiger partial charge < -0.3 is 17.2 Å². The maximum absolute atomic E-state index is 10.9. The third-order valence-corrected chi connectivity index (χ3v) is 2.26. The van der Waals surface area contributed by atoms with Gasteiger partial charge in [0, 0.05) is 10.7 Å². The Morgan fingerprint density at radius 1 is 1.38 bits per heavy atom. The standard InChI is InChI=1S/C10H11BrN4O/c11-6-2-1-3-7(4-6)15-9(13)8(5-12)10(14)16/h1-5H,12H2,(H2,13,15)(H2,14,16). The smallest absolute Gasteiger partial charge is 0.253 e. The van der Waals surface area contributed by atoms with E-state index in [9.17, 15) is 4.79 Å². The van der Waals surface area contributed by atoms with Crippen LogP contribution in [0.1, 0.15) is 0 Å². The molecule has 1 aromatic carbocycles. The Morgan fingerprint density at radius 2 is 2.06 bits per heavy atom. The first-order chi connectivity index (χ1) is 7.54. The first-order valence-electron chi connectivity index (χ1n) is 4.36. The molecular weight excluding hydrogens is 272 g/mol. The lowest BCUT2D eigenvalue weighted by Crippen LogP contribution is -2.27. The van der Waals surface area contributed by atoms with Crippen molar-refractivity contribution in [2.75, 3.05) is 0 Å². The summed E-state index contributed by atoms with van der Waals surface area (Å²) in [7, 11) is 0. The Bertz CT molecular complexity index is 468. The highest BCUT2D eigenvalue weighted by Gasteiger charge is 2.08.